The van der Waals surface area contributed by atoms with Crippen molar-refractivity contribution in [3.63, 3.8) is 0 Å². The summed E-state index contributed by atoms with van der Waals surface area (Å²) >= 11 is 0. The van der Waals surface area contributed by atoms with Gasteiger partial charge in [-0.25, -0.2) is 0 Å². The number of nitrogens with one attached hydrogen (secondary N) is 1. The highest BCUT2D eigenvalue weighted by Crippen LogP contribution is 2.53. The Morgan fingerprint density at radius 3 is 2.40 bits per heavy atom. The number of ether oxygens (including phenoxy) is 1. The third-order valence-corrected chi connectivity index (χ3v) is 4.24. The van der Waals surface area contributed by atoms with E-state index in [4.69, 9.17) is 4.74 Å². The molecule has 1 N–H and O–H groups in total. The van der Waals surface area contributed by atoms with Gasteiger partial charge < -0.3 is 10.1 Å². The lowest BCUT2D eigenvalue weighted by molar-refractivity contribution is 0.242. The van der Waals surface area contributed by atoms with Crippen LogP contribution in [0.1, 0.15) is 46.6 Å². The maximum absolute atomic E-state index is 5.71. The van der Waals surface area contributed by atoms with Crippen LogP contribution in [0, 0.1) is 11.8 Å². The van der Waals surface area contributed by atoms with Crippen molar-refractivity contribution in [1.29, 1.82) is 0 Å². The second kappa shape index (κ2) is 6.17. The number of rotatable bonds is 7. The lowest BCUT2D eigenvalue weighted by atomic mass is 9.95. The van der Waals surface area contributed by atoms with Crippen LogP contribution in [-0.4, -0.2) is 19.2 Å². The first-order valence-electron chi connectivity index (χ1n) is 7.89. The standard InChI is InChI=1S/C18H29NO/c1-13(2)11-19-12-16-10-18(16,5)15-6-8-17(9-7-15)20-14(3)4/h6-9,13-14,16,19H,10-12H2,1-5H3. The van der Waals surface area contributed by atoms with Crippen LogP contribution in [0.4, 0.5) is 0 Å². The Bertz CT molecular complexity index is 424. The van der Waals surface area contributed by atoms with Gasteiger partial charge in [0, 0.05) is 0 Å². The summed E-state index contributed by atoms with van der Waals surface area (Å²) in [5, 5.41) is 3.58. The van der Waals surface area contributed by atoms with E-state index in [1.165, 1.54) is 12.0 Å². The highest BCUT2D eigenvalue weighted by Gasteiger charge is 2.50. The molecule has 0 heterocycles. The Morgan fingerprint density at radius 1 is 1.20 bits per heavy atom. The van der Waals surface area contributed by atoms with Crippen molar-refractivity contribution in [3.8, 4) is 5.75 Å². The molecule has 0 saturated heterocycles. The van der Waals surface area contributed by atoms with E-state index in [-0.39, 0.29) is 6.10 Å². The first-order valence-corrected chi connectivity index (χ1v) is 7.89. The summed E-state index contributed by atoms with van der Waals surface area (Å²) in [5.41, 5.74) is 1.81. The molecule has 0 radical (unpaired) electrons. The van der Waals surface area contributed by atoms with Gasteiger partial charge in [-0.1, -0.05) is 32.9 Å². The molecule has 112 valence electrons. The minimum absolute atomic E-state index is 0.241. The van der Waals surface area contributed by atoms with Crippen molar-refractivity contribution in [3.05, 3.63) is 29.8 Å². The molecule has 1 saturated carbocycles. The molecule has 20 heavy (non-hydrogen) atoms. The number of hydrogen-bond acceptors (Lipinski definition) is 2. The molecule has 2 rings (SSSR count). The van der Waals surface area contributed by atoms with Gasteiger partial charge in [0.15, 0.2) is 0 Å². The van der Waals surface area contributed by atoms with Crippen molar-refractivity contribution in [2.45, 2.75) is 52.6 Å². The molecule has 0 aromatic heterocycles. The second-order valence-corrected chi connectivity index (χ2v) is 7.06. The van der Waals surface area contributed by atoms with Gasteiger partial charge in [-0.15, -0.1) is 0 Å². The summed E-state index contributed by atoms with van der Waals surface area (Å²) in [5.74, 6) is 2.48. The summed E-state index contributed by atoms with van der Waals surface area (Å²) in [7, 11) is 0. The van der Waals surface area contributed by atoms with Gasteiger partial charge >= 0.3 is 0 Å². The lowest BCUT2D eigenvalue weighted by Gasteiger charge is -2.15. The molecule has 1 aromatic rings. The smallest absolute Gasteiger partial charge is 0.119 e. The molecule has 0 spiro atoms. The highest BCUT2D eigenvalue weighted by atomic mass is 16.5. The van der Waals surface area contributed by atoms with Crippen LogP contribution in [-0.2, 0) is 5.41 Å². The minimum atomic E-state index is 0.241. The Hall–Kier alpha value is -1.02. The summed E-state index contributed by atoms with van der Waals surface area (Å²) in [6.07, 6.45) is 1.54. The van der Waals surface area contributed by atoms with Crippen molar-refractivity contribution in [2.24, 2.45) is 11.8 Å². The molecule has 1 aromatic carbocycles. The van der Waals surface area contributed by atoms with E-state index in [9.17, 15) is 0 Å². The van der Waals surface area contributed by atoms with E-state index in [0.717, 1.165) is 30.7 Å². The second-order valence-electron chi connectivity index (χ2n) is 7.06. The van der Waals surface area contributed by atoms with E-state index in [2.05, 4.69) is 64.2 Å². The maximum Gasteiger partial charge on any atom is 0.119 e. The molecule has 0 amide bonds. The molecule has 2 heteroatoms. The lowest BCUT2D eigenvalue weighted by Crippen LogP contribution is -2.24. The van der Waals surface area contributed by atoms with Crippen LogP contribution in [0.15, 0.2) is 24.3 Å². The van der Waals surface area contributed by atoms with E-state index < -0.39 is 0 Å². The van der Waals surface area contributed by atoms with Crippen LogP contribution in [0.3, 0.4) is 0 Å². The van der Waals surface area contributed by atoms with Gasteiger partial charge in [0.1, 0.15) is 5.75 Å². The van der Waals surface area contributed by atoms with Gasteiger partial charge in [-0.05, 0) is 68.3 Å². The van der Waals surface area contributed by atoms with Crippen LogP contribution in [0.2, 0.25) is 0 Å². The van der Waals surface area contributed by atoms with Gasteiger partial charge in [0.2, 0.25) is 0 Å². The fourth-order valence-corrected chi connectivity index (χ4v) is 2.84. The molecular weight excluding hydrogens is 246 g/mol. The third-order valence-electron chi connectivity index (χ3n) is 4.24. The topological polar surface area (TPSA) is 21.3 Å². The largest absolute Gasteiger partial charge is 0.491 e. The average Bonchev–Trinajstić information content (AvgIpc) is 3.01. The Labute approximate surface area is 123 Å². The van der Waals surface area contributed by atoms with Crippen LogP contribution < -0.4 is 10.1 Å². The molecular formula is C18H29NO. The first-order chi connectivity index (χ1) is 9.41. The zero-order chi connectivity index (χ0) is 14.8. The third kappa shape index (κ3) is 3.76. The fraction of sp³-hybridized carbons (Fsp3) is 0.667. The van der Waals surface area contributed by atoms with Crippen molar-refractivity contribution in [2.75, 3.05) is 13.1 Å². The number of benzene rings is 1. The molecule has 0 aliphatic heterocycles. The maximum atomic E-state index is 5.71. The Balaban J connectivity index is 1.88. The summed E-state index contributed by atoms with van der Waals surface area (Å²) in [4.78, 5) is 0. The summed E-state index contributed by atoms with van der Waals surface area (Å²) < 4.78 is 5.71. The van der Waals surface area contributed by atoms with Gasteiger partial charge in [0.05, 0.1) is 6.10 Å². The van der Waals surface area contributed by atoms with E-state index in [0.29, 0.717) is 5.41 Å². The molecule has 0 bridgehead atoms. The van der Waals surface area contributed by atoms with Crippen LogP contribution in [0.25, 0.3) is 0 Å². The van der Waals surface area contributed by atoms with Crippen molar-refractivity contribution in [1.82, 2.24) is 5.32 Å². The molecule has 1 aliphatic rings. The SMILES string of the molecule is CC(C)CNCC1CC1(C)c1ccc(OC(C)C)cc1. The number of hydrogen-bond donors (Lipinski definition) is 1. The highest BCUT2D eigenvalue weighted by molar-refractivity contribution is 5.37. The molecule has 2 atom stereocenters. The zero-order valence-electron chi connectivity index (χ0n) is 13.6. The first kappa shape index (κ1) is 15.4. The molecule has 2 nitrogen and oxygen atoms in total. The van der Waals surface area contributed by atoms with Gasteiger partial charge in [-0.2, -0.15) is 0 Å². The van der Waals surface area contributed by atoms with Crippen molar-refractivity contribution >= 4 is 0 Å². The Kier molecular flexibility index (Phi) is 4.74. The van der Waals surface area contributed by atoms with Gasteiger partial charge in [-0.3, -0.25) is 0 Å². The van der Waals surface area contributed by atoms with Crippen LogP contribution in [0.5, 0.6) is 5.75 Å². The van der Waals surface area contributed by atoms with E-state index in [1.807, 2.05) is 0 Å². The van der Waals surface area contributed by atoms with Crippen LogP contribution >= 0.6 is 0 Å². The Morgan fingerprint density at radius 2 is 1.85 bits per heavy atom. The quantitative estimate of drug-likeness (QED) is 0.812. The molecule has 1 aliphatic carbocycles. The van der Waals surface area contributed by atoms with E-state index in [1.54, 1.807) is 0 Å². The van der Waals surface area contributed by atoms with E-state index >= 15 is 0 Å². The fourth-order valence-electron chi connectivity index (χ4n) is 2.84. The monoisotopic (exact) mass is 275 g/mol. The normalized spacial score (nSPS) is 25.2. The minimum Gasteiger partial charge on any atom is -0.491 e. The molecule has 1 fully saturated rings. The predicted molar refractivity (Wildman–Crippen MR) is 85.4 cm³/mol. The van der Waals surface area contributed by atoms with Crippen molar-refractivity contribution < 1.29 is 4.74 Å². The summed E-state index contributed by atoms with van der Waals surface area (Å²) in [6, 6.07) is 8.69. The summed E-state index contributed by atoms with van der Waals surface area (Å²) in [6.45, 7) is 13.3. The predicted octanol–water partition coefficient (Wildman–Crippen LogP) is 4.00. The zero-order valence-corrected chi connectivity index (χ0v) is 13.6. The average molecular weight is 275 g/mol. The molecule has 2 unspecified atom stereocenters. The van der Waals surface area contributed by atoms with Gasteiger partial charge in [0.25, 0.3) is 0 Å².